The van der Waals surface area contributed by atoms with Crippen molar-refractivity contribution in [2.75, 3.05) is 6.61 Å². The first kappa shape index (κ1) is 14.5. The minimum atomic E-state index is 0.201. The average molecular weight is 312 g/mol. The minimum absolute atomic E-state index is 0.201. The summed E-state index contributed by atoms with van der Waals surface area (Å²) in [6.07, 6.45) is 13.9. The Bertz CT molecular complexity index is 620. The molecule has 4 aliphatic carbocycles. The summed E-state index contributed by atoms with van der Waals surface area (Å²) in [6, 6.07) is 0. The Morgan fingerprint density at radius 1 is 1.09 bits per heavy atom. The Morgan fingerprint density at radius 3 is 2.83 bits per heavy atom. The van der Waals surface area contributed by atoms with Crippen LogP contribution in [0.4, 0.5) is 0 Å². The monoisotopic (exact) mass is 312 g/mol. The molecule has 2 saturated carbocycles. The number of fused-ring (bicyclic) bond motifs is 5. The van der Waals surface area contributed by atoms with Gasteiger partial charge in [-0.3, -0.25) is 4.79 Å². The van der Waals surface area contributed by atoms with Gasteiger partial charge >= 0.3 is 0 Å². The zero-order valence-electron chi connectivity index (χ0n) is 14.3. The Kier molecular flexibility index (Phi) is 3.03. The molecular weight excluding hydrogens is 284 g/mol. The van der Waals surface area contributed by atoms with Crippen LogP contribution in [-0.4, -0.2) is 18.0 Å². The molecular formula is C21H28O2. The Labute approximate surface area is 139 Å². The third kappa shape index (κ3) is 1.82. The molecule has 0 aromatic rings. The molecule has 0 bridgehead atoms. The molecule has 0 amide bonds. The molecule has 1 heterocycles. The summed E-state index contributed by atoms with van der Waals surface area (Å²) in [5.74, 6) is 1.94. The van der Waals surface area contributed by atoms with Gasteiger partial charge in [0, 0.05) is 18.4 Å². The summed E-state index contributed by atoms with van der Waals surface area (Å²) in [5.41, 5.74) is 5.32. The van der Waals surface area contributed by atoms with Crippen LogP contribution >= 0.6 is 0 Å². The normalized spacial score (nSPS) is 45.8. The lowest BCUT2D eigenvalue weighted by Crippen LogP contribution is -2.49. The van der Waals surface area contributed by atoms with Crippen molar-refractivity contribution in [2.45, 2.75) is 76.7 Å². The van der Waals surface area contributed by atoms with Crippen molar-refractivity contribution >= 4 is 5.78 Å². The van der Waals surface area contributed by atoms with Crippen LogP contribution in [-0.2, 0) is 9.53 Å². The van der Waals surface area contributed by atoms with Crippen LogP contribution in [0.3, 0.4) is 0 Å². The molecule has 2 nitrogen and oxygen atoms in total. The molecule has 2 heteroatoms. The topological polar surface area (TPSA) is 26.3 Å². The fourth-order valence-corrected chi connectivity index (χ4v) is 6.97. The smallest absolute Gasteiger partial charge is 0.156 e. The highest BCUT2D eigenvalue weighted by Gasteiger charge is 2.62. The van der Waals surface area contributed by atoms with Gasteiger partial charge in [-0.05, 0) is 86.8 Å². The summed E-state index contributed by atoms with van der Waals surface area (Å²) in [6.45, 7) is 3.53. The highest BCUT2D eigenvalue weighted by atomic mass is 16.5. The zero-order chi connectivity index (χ0) is 15.7. The number of ether oxygens (including phenoxy) is 1. The predicted molar refractivity (Wildman–Crippen MR) is 90.1 cm³/mol. The molecule has 3 fully saturated rings. The summed E-state index contributed by atoms with van der Waals surface area (Å²) < 4.78 is 6.40. The van der Waals surface area contributed by atoms with Crippen LogP contribution in [0.25, 0.3) is 0 Å². The molecule has 1 saturated heterocycles. The second-order valence-corrected chi connectivity index (χ2v) is 8.79. The SMILES string of the molecule is C[C@]12CCC3=C4CCC(=O)C=C4CC[C@H]3[C@@H]1CCC21CCCO1. The van der Waals surface area contributed by atoms with Crippen molar-refractivity contribution in [3.8, 4) is 0 Å². The van der Waals surface area contributed by atoms with Gasteiger partial charge in [0.1, 0.15) is 0 Å². The summed E-state index contributed by atoms with van der Waals surface area (Å²) in [7, 11) is 0. The van der Waals surface area contributed by atoms with Crippen molar-refractivity contribution in [1.29, 1.82) is 0 Å². The van der Waals surface area contributed by atoms with Crippen LogP contribution in [0.15, 0.2) is 22.8 Å². The first-order valence-electron chi connectivity index (χ1n) is 9.73. The quantitative estimate of drug-likeness (QED) is 0.645. The number of hydrogen-bond donors (Lipinski definition) is 0. The van der Waals surface area contributed by atoms with E-state index >= 15 is 0 Å². The van der Waals surface area contributed by atoms with Crippen LogP contribution in [0.2, 0.25) is 0 Å². The third-order valence-corrected chi connectivity index (χ3v) is 8.13. The van der Waals surface area contributed by atoms with Crippen molar-refractivity contribution in [3.63, 3.8) is 0 Å². The van der Waals surface area contributed by atoms with E-state index in [0.717, 1.165) is 37.7 Å². The van der Waals surface area contributed by atoms with E-state index in [1.54, 1.807) is 11.1 Å². The number of carbonyl (C=O) groups is 1. The Hall–Kier alpha value is -0.890. The summed E-state index contributed by atoms with van der Waals surface area (Å²) in [4.78, 5) is 11.8. The van der Waals surface area contributed by atoms with Crippen LogP contribution < -0.4 is 0 Å². The van der Waals surface area contributed by atoms with E-state index in [2.05, 4.69) is 6.92 Å². The molecule has 4 atom stereocenters. The van der Waals surface area contributed by atoms with Crippen LogP contribution in [0.5, 0.6) is 0 Å². The maximum atomic E-state index is 11.8. The summed E-state index contributed by atoms with van der Waals surface area (Å²) in [5, 5.41) is 0. The highest BCUT2D eigenvalue weighted by molar-refractivity contribution is 5.93. The maximum absolute atomic E-state index is 11.8. The van der Waals surface area contributed by atoms with E-state index in [0.29, 0.717) is 11.2 Å². The van der Waals surface area contributed by atoms with Gasteiger partial charge in [-0.15, -0.1) is 0 Å². The molecule has 0 radical (unpaired) electrons. The molecule has 0 N–H and O–H groups in total. The van der Waals surface area contributed by atoms with E-state index in [9.17, 15) is 4.79 Å². The number of allylic oxidation sites excluding steroid dienone is 4. The molecule has 1 aliphatic heterocycles. The van der Waals surface area contributed by atoms with Crippen LogP contribution in [0.1, 0.15) is 71.1 Å². The van der Waals surface area contributed by atoms with Gasteiger partial charge in [0.05, 0.1) is 5.60 Å². The van der Waals surface area contributed by atoms with Gasteiger partial charge in [-0.25, -0.2) is 0 Å². The van der Waals surface area contributed by atoms with Gasteiger partial charge in [-0.2, -0.15) is 0 Å². The standard InChI is InChI=1S/C21H28O2/c1-20-10-7-17-16-6-4-15(22)13-14(16)3-5-18(17)19(20)8-11-21(20)9-2-12-23-21/h13,18-19H,2-12H2,1H3/t18-,19+,20+,21?/m1/s1. The number of hydrogen-bond acceptors (Lipinski definition) is 2. The van der Waals surface area contributed by atoms with E-state index in [1.807, 2.05) is 6.08 Å². The van der Waals surface area contributed by atoms with E-state index < -0.39 is 0 Å². The highest BCUT2D eigenvalue weighted by Crippen LogP contribution is 2.66. The second-order valence-electron chi connectivity index (χ2n) is 8.79. The number of ketones is 1. The average Bonchev–Trinajstić information content (AvgIpc) is 3.14. The molecule has 5 aliphatic rings. The minimum Gasteiger partial charge on any atom is -0.374 e. The molecule has 0 aromatic heterocycles. The zero-order valence-corrected chi connectivity index (χ0v) is 14.3. The van der Waals surface area contributed by atoms with Gasteiger partial charge in [0.25, 0.3) is 0 Å². The lowest BCUT2D eigenvalue weighted by Gasteiger charge is -2.52. The molecule has 1 unspecified atom stereocenters. The van der Waals surface area contributed by atoms with Crippen LogP contribution in [0, 0.1) is 17.3 Å². The van der Waals surface area contributed by atoms with Gasteiger partial charge in [-0.1, -0.05) is 12.5 Å². The number of rotatable bonds is 0. The molecule has 0 aromatic carbocycles. The second kappa shape index (κ2) is 4.81. The largest absolute Gasteiger partial charge is 0.374 e. The molecule has 124 valence electrons. The molecule has 1 spiro atoms. The number of carbonyl (C=O) groups excluding carboxylic acids is 1. The van der Waals surface area contributed by atoms with Gasteiger partial charge < -0.3 is 4.74 Å². The fourth-order valence-electron chi connectivity index (χ4n) is 6.97. The first-order valence-corrected chi connectivity index (χ1v) is 9.73. The van der Waals surface area contributed by atoms with Crippen molar-refractivity contribution < 1.29 is 9.53 Å². The van der Waals surface area contributed by atoms with Gasteiger partial charge in [0.2, 0.25) is 0 Å². The Morgan fingerprint density at radius 2 is 2.00 bits per heavy atom. The van der Waals surface area contributed by atoms with E-state index in [4.69, 9.17) is 4.74 Å². The first-order chi connectivity index (χ1) is 11.1. The fraction of sp³-hybridized carbons (Fsp3) is 0.762. The lowest BCUT2D eigenvalue weighted by atomic mass is 9.54. The summed E-state index contributed by atoms with van der Waals surface area (Å²) >= 11 is 0. The predicted octanol–water partition coefficient (Wildman–Crippen LogP) is 4.74. The third-order valence-electron chi connectivity index (χ3n) is 8.13. The van der Waals surface area contributed by atoms with Crippen molar-refractivity contribution in [2.24, 2.45) is 17.3 Å². The van der Waals surface area contributed by atoms with E-state index in [-0.39, 0.29) is 5.60 Å². The maximum Gasteiger partial charge on any atom is 0.156 e. The van der Waals surface area contributed by atoms with Crippen molar-refractivity contribution in [1.82, 2.24) is 0 Å². The van der Waals surface area contributed by atoms with E-state index in [1.165, 1.54) is 50.5 Å². The molecule has 5 rings (SSSR count). The Balaban J connectivity index is 1.54. The van der Waals surface area contributed by atoms with Gasteiger partial charge in [0.15, 0.2) is 5.78 Å². The molecule has 23 heavy (non-hydrogen) atoms. The van der Waals surface area contributed by atoms with Crippen molar-refractivity contribution in [3.05, 3.63) is 22.8 Å². The lowest BCUT2D eigenvalue weighted by molar-refractivity contribution is -0.114.